The van der Waals surface area contributed by atoms with Gasteiger partial charge in [-0.15, -0.1) is 0 Å². The molecule has 0 aromatic rings. The van der Waals surface area contributed by atoms with Crippen LogP contribution in [0.2, 0.25) is 0 Å². The van der Waals surface area contributed by atoms with Crippen LogP contribution in [0.1, 0.15) is 71.1 Å². The summed E-state index contributed by atoms with van der Waals surface area (Å²) in [7, 11) is 0. The van der Waals surface area contributed by atoms with Crippen LogP contribution in [-0.4, -0.2) is 16.3 Å². The Kier molecular flexibility index (Phi) is 11.6. The highest BCUT2D eigenvalue weighted by Gasteiger charge is 2.38. The third kappa shape index (κ3) is 12.7. The molecule has 1 unspecified atom stereocenters. The Balaban J connectivity index is 3.17. The van der Waals surface area contributed by atoms with Crippen LogP contribution in [0, 0.1) is 0 Å². The summed E-state index contributed by atoms with van der Waals surface area (Å²) in [6, 6.07) is 0. The summed E-state index contributed by atoms with van der Waals surface area (Å²) < 4.78 is 50.2. The van der Waals surface area contributed by atoms with Crippen molar-refractivity contribution in [2.45, 2.75) is 76.6 Å². The molecule has 0 saturated carbocycles. The fraction of sp³-hybridized carbons (Fsp3) is 1.00. The van der Waals surface area contributed by atoms with Crippen molar-refractivity contribution in [2.75, 3.05) is 6.61 Å². The third-order valence-electron chi connectivity index (χ3n) is 2.88. The molecule has 0 N–H and O–H groups in total. The van der Waals surface area contributed by atoms with Crippen LogP contribution in [-0.2, 0) is 15.3 Å². The maximum absolute atomic E-state index is 11.8. The third-order valence-corrected chi connectivity index (χ3v) is 3.64. The summed E-state index contributed by atoms with van der Waals surface area (Å²) >= 11 is -3.15. The van der Waals surface area contributed by atoms with Gasteiger partial charge in [0.15, 0.2) is 0 Å². The molecule has 0 aromatic heterocycles. The SMILES string of the molecule is CCCCCCCCCCCCOS(=O)C(F)(F)F. The lowest BCUT2D eigenvalue weighted by Gasteiger charge is -2.06. The topological polar surface area (TPSA) is 26.3 Å². The Morgan fingerprint density at radius 3 is 1.68 bits per heavy atom. The summed E-state index contributed by atoms with van der Waals surface area (Å²) in [5.41, 5.74) is -4.75. The number of hydrogen-bond donors (Lipinski definition) is 0. The summed E-state index contributed by atoms with van der Waals surface area (Å²) in [4.78, 5) is 0. The van der Waals surface area contributed by atoms with E-state index in [1.54, 1.807) is 0 Å². The Labute approximate surface area is 116 Å². The molecule has 0 rings (SSSR count). The van der Waals surface area contributed by atoms with E-state index in [2.05, 4.69) is 11.1 Å². The maximum Gasteiger partial charge on any atom is 0.497 e. The smallest absolute Gasteiger partial charge is 0.284 e. The van der Waals surface area contributed by atoms with Crippen LogP contribution >= 0.6 is 0 Å². The monoisotopic (exact) mass is 302 g/mol. The highest BCUT2D eigenvalue weighted by molar-refractivity contribution is 7.81. The molecule has 0 amide bonds. The van der Waals surface area contributed by atoms with Gasteiger partial charge in [0.25, 0.3) is 11.1 Å². The normalized spacial score (nSPS) is 13.7. The first-order chi connectivity index (χ1) is 8.98. The van der Waals surface area contributed by atoms with E-state index < -0.39 is 16.6 Å². The van der Waals surface area contributed by atoms with Gasteiger partial charge in [-0.25, -0.2) is 4.21 Å². The van der Waals surface area contributed by atoms with Crippen LogP contribution in [0.25, 0.3) is 0 Å². The number of hydrogen-bond acceptors (Lipinski definition) is 2. The van der Waals surface area contributed by atoms with Crippen molar-refractivity contribution in [1.29, 1.82) is 0 Å². The van der Waals surface area contributed by atoms with E-state index in [4.69, 9.17) is 0 Å². The molecule has 0 fully saturated rings. The lowest BCUT2D eigenvalue weighted by Crippen LogP contribution is -2.18. The molecule has 0 saturated heterocycles. The van der Waals surface area contributed by atoms with Gasteiger partial charge in [0.1, 0.15) is 0 Å². The maximum atomic E-state index is 11.8. The van der Waals surface area contributed by atoms with Crippen molar-refractivity contribution in [3.8, 4) is 0 Å². The Morgan fingerprint density at radius 2 is 1.26 bits per heavy atom. The predicted molar refractivity (Wildman–Crippen MR) is 72.0 cm³/mol. The predicted octanol–water partition coefficient (Wildman–Crippen LogP) is 5.11. The van der Waals surface area contributed by atoms with Crippen molar-refractivity contribution in [3.63, 3.8) is 0 Å². The molecule has 0 spiro atoms. The molecule has 0 aromatic carbocycles. The van der Waals surface area contributed by atoms with E-state index in [-0.39, 0.29) is 6.61 Å². The summed E-state index contributed by atoms with van der Waals surface area (Å²) in [6.45, 7) is 2.11. The molecule has 2 nitrogen and oxygen atoms in total. The summed E-state index contributed by atoms with van der Waals surface area (Å²) in [5.74, 6) is 0. The minimum absolute atomic E-state index is 0.0807. The van der Waals surface area contributed by atoms with E-state index in [0.717, 1.165) is 19.3 Å². The Morgan fingerprint density at radius 1 is 0.842 bits per heavy atom. The molecular formula is C13H25F3O2S. The van der Waals surface area contributed by atoms with Gasteiger partial charge in [0, 0.05) is 0 Å². The van der Waals surface area contributed by atoms with E-state index in [1.807, 2.05) is 0 Å². The van der Waals surface area contributed by atoms with Crippen LogP contribution in [0.3, 0.4) is 0 Å². The minimum atomic E-state index is -4.75. The highest BCUT2D eigenvalue weighted by Crippen LogP contribution is 2.21. The van der Waals surface area contributed by atoms with Crippen LogP contribution in [0.4, 0.5) is 13.2 Å². The quantitative estimate of drug-likeness (QED) is 0.468. The number of rotatable bonds is 12. The van der Waals surface area contributed by atoms with Gasteiger partial charge in [-0.05, 0) is 6.42 Å². The Hall–Kier alpha value is -0.100. The number of unbranched alkanes of at least 4 members (excludes halogenated alkanes) is 9. The van der Waals surface area contributed by atoms with Gasteiger partial charge >= 0.3 is 5.51 Å². The number of halogens is 3. The van der Waals surface area contributed by atoms with Crippen molar-refractivity contribution in [3.05, 3.63) is 0 Å². The average Bonchev–Trinajstić information content (AvgIpc) is 2.34. The van der Waals surface area contributed by atoms with Gasteiger partial charge in [0.2, 0.25) is 0 Å². The second-order valence-corrected chi connectivity index (χ2v) is 5.85. The first kappa shape index (κ1) is 18.9. The second-order valence-electron chi connectivity index (χ2n) is 4.68. The molecule has 116 valence electrons. The zero-order valence-corrected chi connectivity index (χ0v) is 12.5. The average molecular weight is 302 g/mol. The summed E-state index contributed by atoms with van der Waals surface area (Å²) in [5, 5.41) is 0. The van der Waals surface area contributed by atoms with E-state index >= 15 is 0 Å². The zero-order chi connectivity index (χ0) is 14.6. The van der Waals surface area contributed by atoms with Crippen LogP contribution < -0.4 is 0 Å². The molecule has 19 heavy (non-hydrogen) atoms. The standard InChI is InChI=1S/C13H25F3O2S/c1-2-3-4-5-6-7-8-9-10-11-12-18-19(17)13(14,15)16/h2-12H2,1H3. The Bertz CT molecular complexity index is 232. The van der Waals surface area contributed by atoms with E-state index in [1.165, 1.54) is 38.5 Å². The molecule has 0 radical (unpaired) electrons. The first-order valence-corrected chi connectivity index (χ1v) is 8.18. The lowest BCUT2D eigenvalue weighted by molar-refractivity contribution is -0.0473. The molecular weight excluding hydrogens is 277 g/mol. The van der Waals surface area contributed by atoms with Crippen molar-refractivity contribution in [2.24, 2.45) is 0 Å². The number of alkyl halides is 3. The second kappa shape index (κ2) is 11.7. The summed E-state index contributed by atoms with van der Waals surface area (Å²) in [6.07, 6.45) is 11.1. The first-order valence-electron chi connectivity index (χ1n) is 7.10. The van der Waals surface area contributed by atoms with E-state index in [0.29, 0.717) is 6.42 Å². The molecule has 0 heterocycles. The van der Waals surface area contributed by atoms with Crippen LogP contribution in [0.15, 0.2) is 0 Å². The molecule has 0 aliphatic carbocycles. The van der Waals surface area contributed by atoms with Gasteiger partial charge in [-0.3, -0.25) is 4.18 Å². The molecule has 6 heteroatoms. The molecule has 0 aliphatic rings. The van der Waals surface area contributed by atoms with Gasteiger partial charge < -0.3 is 0 Å². The van der Waals surface area contributed by atoms with Crippen molar-refractivity contribution in [1.82, 2.24) is 0 Å². The van der Waals surface area contributed by atoms with Gasteiger partial charge in [0.05, 0.1) is 6.61 Å². The molecule has 0 aliphatic heterocycles. The molecule has 0 bridgehead atoms. The van der Waals surface area contributed by atoms with Crippen molar-refractivity contribution >= 4 is 11.1 Å². The fourth-order valence-electron chi connectivity index (χ4n) is 1.79. The fourth-order valence-corrected chi connectivity index (χ4v) is 2.19. The largest absolute Gasteiger partial charge is 0.497 e. The zero-order valence-electron chi connectivity index (χ0n) is 11.6. The minimum Gasteiger partial charge on any atom is -0.284 e. The lowest BCUT2D eigenvalue weighted by atomic mass is 10.1. The molecule has 1 atom stereocenters. The van der Waals surface area contributed by atoms with Crippen LogP contribution in [0.5, 0.6) is 0 Å². The van der Waals surface area contributed by atoms with Crippen molar-refractivity contribution < 1.29 is 21.6 Å². The van der Waals surface area contributed by atoms with Gasteiger partial charge in [-0.2, -0.15) is 13.2 Å². The van der Waals surface area contributed by atoms with Gasteiger partial charge in [-0.1, -0.05) is 64.7 Å². The van der Waals surface area contributed by atoms with E-state index in [9.17, 15) is 17.4 Å². The highest BCUT2D eigenvalue weighted by atomic mass is 32.2.